The highest BCUT2D eigenvalue weighted by Crippen LogP contribution is 2.25. The Labute approximate surface area is 139 Å². The molecule has 0 saturated carbocycles. The van der Waals surface area contributed by atoms with Gasteiger partial charge in [0.1, 0.15) is 0 Å². The zero-order valence-corrected chi connectivity index (χ0v) is 14.2. The number of amides is 1. The van der Waals surface area contributed by atoms with Gasteiger partial charge in [0.15, 0.2) is 0 Å². The third-order valence-corrected chi connectivity index (χ3v) is 3.98. The molecule has 2 aromatic rings. The first-order valence-electron chi connectivity index (χ1n) is 8.15. The normalized spacial score (nSPS) is 11.8. The predicted molar refractivity (Wildman–Crippen MR) is 97.6 cm³/mol. The fourth-order valence-corrected chi connectivity index (χ4v) is 2.68. The van der Waals surface area contributed by atoms with E-state index in [0.717, 1.165) is 35.1 Å². The van der Waals surface area contributed by atoms with Crippen LogP contribution in [0, 0.1) is 6.92 Å². The summed E-state index contributed by atoms with van der Waals surface area (Å²) in [5.74, 6) is -0.0368. The van der Waals surface area contributed by atoms with E-state index >= 15 is 0 Å². The van der Waals surface area contributed by atoms with Crippen LogP contribution in [-0.2, 0) is 0 Å². The number of hydrogen-bond acceptors (Lipinski definition) is 1. The zero-order valence-electron chi connectivity index (χ0n) is 14.2. The van der Waals surface area contributed by atoms with Gasteiger partial charge in [-0.05, 0) is 37.5 Å². The number of nitrogens with one attached hydrogen (secondary N) is 1. The monoisotopic (exact) mass is 307 g/mol. The summed E-state index contributed by atoms with van der Waals surface area (Å²) >= 11 is 0. The Balaban J connectivity index is 2.35. The lowest BCUT2D eigenvalue weighted by Gasteiger charge is -2.19. The number of benzene rings is 2. The molecule has 0 aliphatic heterocycles. The van der Waals surface area contributed by atoms with Gasteiger partial charge in [-0.25, -0.2) is 0 Å². The van der Waals surface area contributed by atoms with Gasteiger partial charge in [-0.2, -0.15) is 0 Å². The van der Waals surface area contributed by atoms with Crippen LogP contribution < -0.4 is 5.32 Å². The Morgan fingerprint density at radius 2 is 1.87 bits per heavy atom. The summed E-state index contributed by atoms with van der Waals surface area (Å²) < 4.78 is 0. The van der Waals surface area contributed by atoms with Gasteiger partial charge in [0.2, 0.25) is 0 Å². The molecular formula is C21H25NO. The Hall–Kier alpha value is -2.35. The molecule has 0 bridgehead atoms. The second kappa shape index (κ2) is 7.77. The second-order valence-corrected chi connectivity index (χ2v) is 6.08. The summed E-state index contributed by atoms with van der Waals surface area (Å²) in [7, 11) is 0. The van der Waals surface area contributed by atoms with E-state index < -0.39 is 0 Å². The minimum absolute atomic E-state index is 0.0254. The van der Waals surface area contributed by atoms with Gasteiger partial charge in [0, 0.05) is 11.6 Å². The zero-order chi connectivity index (χ0) is 16.8. The molecule has 2 aromatic carbocycles. The molecule has 0 saturated heterocycles. The first kappa shape index (κ1) is 17.0. The molecule has 0 aliphatic carbocycles. The van der Waals surface area contributed by atoms with E-state index in [0.29, 0.717) is 5.56 Å². The highest BCUT2D eigenvalue weighted by Gasteiger charge is 2.17. The molecule has 1 atom stereocenters. The molecule has 0 heterocycles. The largest absolute Gasteiger partial charge is 0.346 e. The summed E-state index contributed by atoms with van der Waals surface area (Å²) in [5, 5.41) is 3.12. The third kappa shape index (κ3) is 4.32. The number of carbonyl (C=O) groups excluding carboxylic acids is 1. The molecule has 1 N–H and O–H groups in total. The summed E-state index contributed by atoms with van der Waals surface area (Å²) in [6, 6.07) is 16.0. The first-order chi connectivity index (χ1) is 11.0. The predicted octanol–water partition coefficient (Wildman–Crippen LogP) is 5.14. The Kier molecular flexibility index (Phi) is 5.75. The molecule has 2 rings (SSSR count). The van der Waals surface area contributed by atoms with E-state index in [1.807, 2.05) is 56.3 Å². The van der Waals surface area contributed by atoms with Gasteiger partial charge >= 0.3 is 0 Å². The number of aryl methyl sites for hydroxylation is 1. The van der Waals surface area contributed by atoms with Crippen LogP contribution in [0.3, 0.4) is 0 Å². The minimum Gasteiger partial charge on any atom is -0.346 e. The molecule has 0 aromatic heterocycles. The molecule has 0 fully saturated rings. The van der Waals surface area contributed by atoms with Crippen LogP contribution in [0.25, 0.3) is 11.1 Å². The van der Waals surface area contributed by atoms with E-state index in [2.05, 4.69) is 24.9 Å². The fraction of sp³-hybridized carbons (Fsp3) is 0.286. The molecule has 0 radical (unpaired) electrons. The topological polar surface area (TPSA) is 29.1 Å². The molecule has 0 spiro atoms. The molecule has 2 heteroatoms. The van der Waals surface area contributed by atoms with Crippen LogP contribution in [0.2, 0.25) is 0 Å². The quantitative estimate of drug-likeness (QED) is 0.736. The van der Waals surface area contributed by atoms with Gasteiger partial charge in [-0.15, -0.1) is 0 Å². The lowest BCUT2D eigenvalue weighted by Crippen LogP contribution is -2.35. The SMILES string of the molecule is C=C(C)[C@H](CCC)NC(=O)c1ccc(C)cc1-c1ccccc1. The maximum Gasteiger partial charge on any atom is 0.252 e. The van der Waals surface area contributed by atoms with Crippen molar-refractivity contribution in [1.29, 1.82) is 0 Å². The lowest BCUT2D eigenvalue weighted by molar-refractivity contribution is 0.0941. The summed E-state index contributed by atoms with van der Waals surface area (Å²) in [4.78, 5) is 12.8. The fourth-order valence-electron chi connectivity index (χ4n) is 2.68. The number of carbonyl (C=O) groups is 1. The van der Waals surface area contributed by atoms with Crippen molar-refractivity contribution >= 4 is 5.91 Å². The Morgan fingerprint density at radius 1 is 1.17 bits per heavy atom. The van der Waals surface area contributed by atoms with Crippen LogP contribution in [0.5, 0.6) is 0 Å². The third-order valence-electron chi connectivity index (χ3n) is 3.98. The summed E-state index contributed by atoms with van der Waals surface area (Å²) in [6.07, 6.45) is 1.92. The molecule has 1 amide bonds. The van der Waals surface area contributed by atoms with Crippen LogP contribution in [0.4, 0.5) is 0 Å². The van der Waals surface area contributed by atoms with Crippen molar-refractivity contribution in [3.8, 4) is 11.1 Å². The van der Waals surface area contributed by atoms with Crippen molar-refractivity contribution in [2.75, 3.05) is 0 Å². The number of rotatable bonds is 6. The van der Waals surface area contributed by atoms with Crippen molar-refractivity contribution in [2.45, 2.75) is 39.7 Å². The Bertz CT molecular complexity index is 688. The lowest BCUT2D eigenvalue weighted by atomic mass is 9.96. The highest BCUT2D eigenvalue weighted by molar-refractivity contribution is 6.01. The van der Waals surface area contributed by atoms with E-state index in [1.54, 1.807) is 0 Å². The van der Waals surface area contributed by atoms with Crippen molar-refractivity contribution in [3.63, 3.8) is 0 Å². The van der Waals surface area contributed by atoms with Crippen molar-refractivity contribution in [1.82, 2.24) is 5.32 Å². The molecule has 120 valence electrons. The van der Waals surface area contributed by atoms with Crippen LogP contribution in [0.15, 0.2) is 60.7 Å². The van der Waals surface area contributed by atoms with Crippen LogP contribution >= 0.6 is 0 Å². The van der Waals surface area contributed by atoms with Gasteiger partial charge in [0.25, 0.3) is 5.91 Å². The van der Waals surface area contributed by atoms with E-state index in [9.17, 15) is 4.79 Å². The van der Waals surface area contributed by atoms with Crippen molar-refractivity contribution in [2.24, 2.45) is 0 Å². The van der Waals surface area contributed by atoms with E-state index in [-0.39, 0.29) is 11.9 Å². The number of hydrogen-bond donors (Lipinski definition) is 1. The maximum absolute atomic E-state index is 12.8. The van der Waals surface area contributed by atoms with Gasteiger partial charge in [0.05, 0.1) is 0 Å². The molecule has 2 nitrogen and oxygen atoms in total. The molecule has 0 unspecified atom stereocenters. The standard InChI is InChI=1S/C21H25NO/c1-5-9-20(15(2)3)22-21(23)18-13-12-16(4)14-19(18)17-10-7-6-8-11-17/h6-8,10-14,20H,2,5,9H2,1,3-4H3,(H,22,23)/t20-/m0/s1. The van der Waals surface area contributed by atoms with E-state index in [1.165, 1.54) is 0 Å². The van der Waals surface area contributed by atoms with Crippen molar-refractivity contribution in [3.05, 3.63) is 71.8 Å². The van der Waals surface area contributed by atoms with Crippen LogP contribution in [0.1, 0.15) is 42.6 Å². The molecular weight excluding hydrogens is 282 g/mol. The second-order valence-electron chi connectivity index (χ2n) is 6.08. The van der Waals surface area contributed by atoms with Gasteiger partial charge < -0.3 is 5.32 Å². The average molecular weight is 307 g/mol. The summed E-state index contributed by atoms with van der Waals surface area (Å²) in [5.41, 5.74) is 4.88. The first-order valence-corrected chi connectivity index (χ1v) is 8.15. The highest BCUT2D eigenvalue weighted by atomic mass is 16.1. The summed E-state index contributed by atoms with van der Waals surface area (Å²) in [6.45, 7) is 10.1. The van der Waals surface area contributed by atoms with Crippen LogP contribution in [-0.4, -0.2) is 11.9 Å². The smallest absolute Gasteiger partial charge is 0.252 e. The molecule has 23 heavy (non-hydrogen) atoms. The van der Waals surface area contributed by atoms with Gasteiger partial charge in [-0.1, -0.05) is 73.5 Å². The molecule has 0 aliphatic rings. The van der Waals surface area contributed by atoms with E-state index in [4.69, 9.17) is 0 Å². The maximum atomic E-state index is 12.8. The van der Waals surface area contributed by atoms with Gasteiger partial charge in [-0.3, -0.25) is 4.79 Å². The van der Waals surface area contributed by atoms with Crippen molar-refractivity contribution < 1.29 is 4.79 Å². The Morgan fingerprint density at radius 3 is 2.48 bits per heavy atom. The average Bonchev–Trinajstić information content (AvgIpc) is 2.55. The minimum atomic E-state index is -0.0368.